The molecule has 9 nitrogen and oxygen atoms in total. The molecular formula is C29H30ClFN6O3S. The van der Waals surface area contributed by atoms with Crippen molar-refractivity contribution in [2.45, 2.75) is 30.7 Å². The lowest BCUT2D eigenvalue weighted by Crippen LogP contribution is -2.39. The van der Waals surface area contributed by atoms with Gasteiger partial charge in [0, 0.05) is 51.0 Å². The highest BCUT2D eigenvalue weighted by Crippen LogP contribution is 2.35. The number of benzene rings is 2. The first-order valence-corrected chi connectivity index (χ1v) is 14.5. The van der Waals surface area contributed by atoms with Crippen molar-refractivity contribution in [3.05, 3.63) is 78.8 Å². The zero-order valence-electron chi connectivity index (χ0n) is 22.9. The zero-order chi connectivity index (χ0) is 28.2. The molecule has 12 heteroatoms. The molecule has 41 heavy (non-hydrogen) atoms. The van der Waals surface area contributed by atoms with Gasteiger partial charge in [0.2, 0.25) is 10.0 Å². The van der Waals surface area contributed by atoms with Crippen LogP contribution in [-0.4, -0.2) is 69.9 Å². The quantitative estimate of drug-likeness (QED) is 0.274. The van der Waals surface area contributed by atoms with Crippen LogP contribution in [0.5, 0.6) is 0 Å². The Morgan fingerprint density at radius 2 is 1.68 bits per heavy atom. The first-order chi connectivity index (χ1) is 19.1. The second-order valence-electron chi connectivity index (χ2n) is 10.3. The van der Waals surface area contributed by atoms with Gasteiger partial charge in [-0.1, -0.05) is 24.3 Å². The zero-order valence-corrected chi connectivity index (χ0v) is 24.5. The van der Waals surface area contributed by atoms with Crippen LogP contribution < -0.4 is 0 Å². The number of hydrogen-bond acceptors (Lipinski definition) is 5. The molecule has 1 fully saturated rings. The summed E-state index contributed by atoms with van der Waals surface area (Å²) in [6, 6.07) is 13.0. The Labute approximate surface area is 243 Å². The minimum absolute atomic E-state index is 0. The van der Waals surface area contributed by atoms with Gasteiger partial charge in [-0.2, -0.15) is 4.31 Å². The van der Waals surface area contributed by atoms with E-state index in [1.165, 1.54) is 32.1 Å². The van der Waals surface area contributed by atoms with Crippen molar-refractivity contribution in [1.29, 1.82) is 0 Å². The summed E-state index contributed by atoms with van der Waals surface area (Å²) in [6.07, 6.45) is 6.18. The summed E-state index contributed by atoms with van der Waals surface area (Å²) in [6.45, 7) is 2.65. The number of aryl methyl sites for hydroxylation is 1. The van der Waals surface area contributed by atoms with E-state index >= 15 is 0 Å². The maximum absolute atomic E-state index is 14.0. The van der Waals surface area contributed by atoms with E-state index < -0.39 is 10.0 Å². The summed E-state index contributed by atoms with van der Waals surface area (Å²) in [4.78, 5) is 23.4. The maximum Gasteiger partial charge on any atom is 0.328 e. The molecule has 0 atom stereocenters. The van der Waals surface area contributed by atoms with Crippen molar-refractivity contribution in [3.8, 4) is 11.1 Å². The number of aromatic nitrogens is 4. The van der Waals surface area contributed by atoms with Crippen molar-refractivity contribution < 1.29 is 17.6 Å². The topological polar surface area (TPSA) is 93.3 Å². The van der Waals surface area contributed by atoms with Crippen LogP contribution in [0.1, 0.15) is 24.7 Å². The average molecular weight is 597 g/mol. The fourth-order valence-electron chi connectivity index (χ4n) is 5.61. The Balaban J connectivity index is 0.00000337. The minimum atomic E-state index is -3.90. The molecule has 0 spiro atoms. The van der Waals surface area contributed by atoms with E-state index in [4.69, 9.17) is 0 Å². The summed E-state index contributed by atoms with van der Waals surface area (Å²) < 4.78 is 46.5. The number of hydrogen-bond donors (Lipinski definition) is 0. The van der Waals surface area contributed by atoms with Gasteiger partial charge < -0.3 is 9.47 Å². The molecule has 4 heterocycles. The molecule has 0 N–H and O–H groups in total. The number of rotatable bonds is 4. The summed E-state index contributed by atoms with van der Waals surface area (Å²) in [5, 5.41) is 0.465. The fraction of sp³-hybridized carbons (Fsp3) is 0.276. The third kappa shape index (κ3) is 4.98. The van der Waals surface area contributed by atoms with Crippen LogP contribution >= 0.6 is 12.4 Å². The van der Waals surface area contributed by atoms with E-state index in [0.717, 1.165) is 28.0 Å². The van der Waals surface area contributed by atoms with Gasteiger partial charge in [-0.25, -0.2) is 22.6 Å². The number of pyridine rings is 1. The number of imidazole rings is 1. The van der Waals surface area contributed by atoms with Gasteiger partial charge in [0.25, 0.3) is 0 Å². The molecule has 5 aromatic rings. The lowest BCUT2D eigenvalue weighted by atomic mass is 10.0. The van der Waals surface area contributed by atoms with Crippen LogP contribution in [0, 0.1) is 12.7 Å². The number of sulfonamides is 1. The number of carbonyl (C=O) groups is 1. The van der Waals surface area contributed by atoms with Crippen LogP contribution in [0.25, 0.3) is 33.1 Å². The number of fused-ring (bicyclic) bond motifs is 2. The molecule has 0 radical (unpaired) electrons. The summed E-state index contributed by atoms with van der Waals surface area (Å²) in [5.74, 6) is 0.535. The fourth-order valence-corrected chi connectivity index (χ4v) is 7.27. The molecule has 0 aliphatic carbocycles. The van der Waals surface area contributed by atoms with Crippen molar-refractivity contribution in [3.63, 3.8) is 0 Å². The van der Waals surface area contributed by atoms with Crippen LogP contribution in [-0.2, 0) is 10.0 Å². The van der Waals surface area contributed by atoms with Gasteiger partial charge in [0.15, 0.2) is 0 Å². The van der Waals surface area contributed by atoms with Crippen LogP contribution in [0.3, 0.4) is 0 Å². The lowest BCUT2D eigenvalue weighted by molar-refractivity contribution is 0.220. The lowest BCUT2D eigenvalue weighted by Gasteiger charge is -2.32. The Bertz CT molecular complexity index is 1860. The van der Waals surface area contributed by atoms with Gasteiger partial charge in [0.1, 0.15) is 22.1 Å². The van der Waals surface area contributed by atoms with E-state index in [9.17, 15) is 17.6 Å². The molecular weight excluding hydrogens is 567 g/mol. The van der Waals surface area contributed by atoms with E-state index in [2.05, 4.69) is 14.5 Å². The third-order valence-corrected chi connectivity index (χ3v) is 9.54. The molecule has 2 aromatic carbocycles. The predicted molar refractivity (Wildman–Crippen MR) is 158 cm³/mol. The van der Waals surface area contributed by atoms with Crippen molar-refractivity contribution in [1.82, 2.24) is 28.3 Å². The van der Waals surface area contributed by atoms with Crippen molar-refractivity contribution in [2.75, 3.05) is 27.2 Å². The van der Waals surface area contributed by atoms with Gasteiger partial charge in [-0.15, -0.1) is 12.4 Å². The van der Waals surface area contributed by atoms with E-state index in [1.54, 1.807) is 56.8 Å². The molecule has 1 aliphatic heterocycles. The maximum atomic E-state index is 14.0. The van der Waals surface area contributed by atoms with Crippen molar-refractivity contribution >= 4 is 50.4 Å². The van der Waals surface area contributed by atoms with Crippen LogP contribution in [0.4, 0.5) is 9.18 Å². The van der Waals surface area contributed by atoms with Crippen LogP contribution in [0.15, 0.2) is 72.0 Å². The molecule has 1 amide bonds. The number of nitrogens with zero attached hydrogens (tertiary/aromatic N) is 6. The first-order valence-electron chi connectivity index (χ1n) is 13.1. The monoisotopic (exact) mass is 596 g/mol. The molecule has 0 bridgehead atoms. The summed E-state index contributed by atoms with van der Waals surface area (Å²) in [7, 11) is -0.658. The normalized spacial score (nSPS) is 14.8. The van der Waals surface area contributed by atoms with Gasteiger partial charge in [-0.3, -0.25) is 9.55 Å². The molecule has 1 aliphatic rings. The van der Waals surface area contributed by atoms with E-state index in [0.29, 0.717) is 36.8 Å². The molecule has 3 aromatic heterocycles. The largest absolute Gasteiger partial charge is 0.330 e. The molecule has 1 saturated heterocycles. The number of carbonyl (C=O) groups excluding carboxylic acids is 1. The second kappa shape index (κ2) is 10.9. The standard InChI is InChI=1S/C29H29FN6O3S.ClH/c1-19-32-25-17-31-13-10-26(25)36(19)23-11-14-34(15-12-23)40(38,39)28-18-35(29(37)33(2)3)27-16-21(6-9-24(27)28)20-4-7-22(30)8-5-20;/h4-10,13,16-18,23H,11-12,14-15H2,1-3H3;1H. The van der Waals surface area contributed by atoms with Crippen molar-refractivity contribution in [2.24, 2.45) is 0 Å². The Kier molecular flexibility index (Phi) is 7.62. The van der Waals surface area contributed by atoms with E-state index in [1.807, 2.05) is 13.0 Å². The Morgan fingerprint density at radius 3 is 2.37 bits per heavy atom. The average Bonchev–Trinajstić information content (AvgIpc) is 3.50. The SMILES string of the molecule is Cc1nc2cnccc2n1C1CCN(S(=O)(=O)c2cn(C(=O)N(C)C)c3cc(-c4ccc(F)cc4)ccc23)CC1.Cl. The number of amides is 1. The smallest absolute Gasteiger partial charge is 0.328 e. The molecule has 0 unspecified atom stereocenters. The molecule has 214 valence electrons. The first kappa shape index (κ1) is 28.7. The number of piperidine rings is 1. The summed E-state index contributed by atoms with van der Waals surface area (Å²) >= 11 is 0. The summed E-state index contributed by atoms with van der Waals surface area (Å²) in [5.41, 5.74) is 3.81. The van der Waals surface area contributed by atoms with E-state index in [-0.39, 0.29) is 35.2 Å². The Morgan fingerprint density at radius 1 is 1.00 bits per heavy atom. The van der Waals surface area contributed by atoms with Gasteiger partial charge >= 0.3 is 6.03 Å². The number of halogens is 2. The van der Waals surface area contributed by atoms with Crippen LogP contribution in [0.2, 0.25) is 0 Å². The highest BCUT2D eigenvalue weighted by atomic mass is 35.5. The Hall–Kier alpha value is -3.80. The van der Waals surface area contributed by atoms with Gasteiger partial charge in [0.05, 0.1) is 17.2 Å². The highest BCUT2D eigenvalue weighted by Gasteiger charge is 2.34. The highest BCUT2D eigenvalue weighted by molar-refractivity contribution is 7.89. The third-order valence-electron chi connectivity index (χ3n) is 7.61. The predicted octanol–water partition coefficient (Wildman–Crippen LogP) is 5.48. The minimum Gasteiger partial charge on any atom is -0.330 e. The molecule has 0 saturated carbocycles. The van der Waals surface area contributed by atoms with Gasteiger partial charge in [-0.05, 0) is 55.2 Å². The molecule has 6 rings (SSSR count). The second-order valence-corrected chi connectivity index (χ2v) is 12.2.